The van der Waals surface area contributed by atoms with E-state index in [9.17, 15) is 4.79 Å². The quantitative estimate of drug-likeness (QED) is 0.677. The highest BCUT2D eigenvalue weighted by Gasteiger charge is 2.16. The zero-order valence-corrected chi connectivity index (χ0v) is 12.8. The van der Waals surface area contributed by atoms with Gasteiger partial charge in [0.25, 0.3) is 5.89 Å². The Morgan fingerprint density at radius 1 is 1.36 bits per heavy atom. The molecule has 0 bridgehead atoms. The zero-order valence-electron chi connectivity index (χ0n) is 12.0. The van der Waals surface area contributed by atoms with Gasteiger partial charge in [-0.15, -0.1) is 0 Å². The first-order chi connectivity index (χ1) is 10.5. The van der Waals surface area contributed by atoms with Gasteiger partial charge in [0, 0.05) is 16.3 Å². The summed E-state index contributed by atoms with van der Waals surface area (Å²) in [6, 6.07) is 6.68. The molecule has 0 radical (unpaired) electrons. The summed E-state index contributed by atoms with van der Waals surface area (Å²) in [5, 5.41) is 5.10. The van der Waals surface area contributed by atoms with Crippen LogP contribution in [0.5, 0.6) is 0 Å². The molecule has 0 saturated carbocycles. The maximum absolute atomic E-state index is 12.0. The molecule has 1 aromatic carbocycles. The average molecular weight is 321 g/mol. The Kier molecular flexibility index (Phi) is 3.85. The van der Waals surface area contributed by atoms with Crippen molar-refractivity contribution in [1.82, 2.24) is 10.1 Å². The van der Waals surface area contributed by atoms with Crippen LogP contribution in [-0.4, -0.2) is 16.1 Å². The second-order valence-corrected chi connectivity index (χ2v) is 5.51. The van der Waals surface area contributed by atoms with Crippen LogP contribution in [-0.2, 0) is 11.3 Å². The smallest absolute Gasteiger partial charge is 0.374 e. The van der Waals surface area contributed by atoms with E-state index in [0.717, 1.165) is 5.39 Å². The monoisotopic (exact) mass is 320 g/mol. The predicted octanol–water partition coefficient (Wildman–Crippen LogP) is 3.95. The number of aromatic nitrogens is 2. The molecule has 22 heavy (non-hydrogen) atoms. The van der Waals surface area contributed by atoms with Gasteiger partial charge in [-0.25, -0.2) is 4.79 Å². The van der Waals surface area contributed by atoms with Crippen LogP contribution < -0.4 is 0 Å². The third-order valence-electron chi connectivity index (χ3n) is 3.01. The Bertz CT molecular complexity index is 822. The second kappa shape index (κ2) is 5.81. The first kappa shape index (κ1) is 14.6. The maximum Gasteiger partial charge on any atom is 0.374 e. The first-order valence-corrected chi connectivity index (χ1v) is 7.09. The highest BCUT2D eigenvalue weighted by molar-refractivity contribution is 6.31. The van der Waals surface area contributed by atoms with Gasteiger partial charge < -0.3 is 13.7 Å². The van der Waals surface area contributed by atoms with Crippen LogP contribution >= 0.6 is 11.6 Å². The summed E-state index contributed by atoms with van der Waals surface area (Å²) in [6.07, 6.45) is 0. The molecule has 0 amide bonds. The lowest BCUT2D eigenvalue weighted by atomic mass is 10.2. The van der Waals surface area contributed by atoms with Crippen LogP contribution in [0.1, 0.15) is 42.0 Å². The third kappa shape index (κ3) is 2.96. The lowest BCUT2D eigenvalue weighted by Crippen LogP contribution is -2.04. The van der Waals surface area contributed by atoms with Crippen LogP contribution in [0.3, 0.4) is 0 Å². The van der Waals surface area contributed by atoms with Crippen LogP contribution in [0, 0.1) is 0 Å². The van der Waals surface area contributed by atoms with Crippen molar-refractivity contribution in [3.63, 3.8) is 0 Å². The predicted molar refractivity (Wildman–Crippen MR) is 78.7 cm³/mol. The number of rotatable bonds is 4. The van der Waals surface area contributed by atoms with Gasteiger partial charge in [0.15, 0.2) is 12.4 Å². The molecule has 114 valence electrons. The minimum atomic E-state index is -0.600. The molecular weight excluding hydrogens is 308 g/mol. The topological polar surface area (TPSA) is 78.4 Å². The highest BCUT2D eigenvalue weighted by atomic mass is 35.5. The molecule has 3 rings (SSSR count). The van der Waals surface area contributed by atoms with E-state index >= 15 is 0 Å². The number of furan rings is 1. The lowest BCUT2D eigenvalue weighted by molar-refractivity contribution is 0.0396. The fraction of sp³-hybridized carbons (Fsp3) is 0.267. The van der Waals surface area contributed by atoms with Crippen LogP contribution in [0.25, 0.3) is 11.0 Å². The van der Waals surface area contributed by atoms with Gasteiger partial charge in [0.05, 0.1) is 0 Å². The Morgan fingerprint density at radius 3 is 2.91 bits per heavy atom. The number of halogens is 1. The molecule has 0 N–H and O–H groups in total. The first-order valence-electron chi connectivity index (χ1n) is 6.71. The molecule has 6 nitrogen and oxygen atoms in total. The van der Waals surface area contributed by atoms with Crippen LogP contribution in [0.2, 0.25) is 5.02 Å². The Morgan fingerprint density at radius 2 is 2.18 bits per heavy atom. The van der Waals surface area contributed by atoms with E-state index in [1.165, 1.54) is 0 Å². The SMILES string of the molecule is CC(C)c1noc(COC(=O)c2cc3cc(Cl)ccc3o2)n1. The molecule has 0 aliphatic carbocycles. The average Bonchev–Trinajstić information content (AvgIpc) is 3.10. The van der Waals surface area contributed by atoms with Crippen molar-refractivity contribution in [3.8, 4) is 0 Å². The number of carbonyl (C=O) groups is 1. The largest absolute Gasteiger partial charge is 0.450 e. The summed E-state index contributed by atoms with van der Waals surface area (Å²) >= 11 is 5.89. The summed E-state index contributed by atoms with van der Waals surface area (Å²) in [5.41, 5.74) is 0.566. The standard InChI is InChI=1S/C15H13ClN2O4/c1-8(2)14-17-13(22-18-14)7-20-15(19)12-6-9-5-10(16)3-4-11(9)21-12/h3-6,8H,7H2,1-2H3. The van der Waals surface area contributed by atoms with E-state index < -0.39 is 5.97 Å². The lowest BCUT2D eigenvalue weighted by Gasteiger charge is -1.97. The number of ether oxygens (including phenoxy) is 1. The minimum Gasteiger partial charge on any atom is -0.450 e. The summed E-state index contributed by atoms with van der Waals surface area (Å²) in [4.78, 5) is 16.1. The molecule has 0 unspecified atom stereocenters. The number of nitrogens with zero attached hydrogens (tertiary/aromatic N) is 2. The molecule has 0 aliphatic rings. The molecular formula is C15H13ClN2O4. The van der Waals surface area contributed by atoms with Crippen molar-refractivity contribution >= 4 is 28.5 Å². The number of esters is 1. The molecule has 2 aromatic heterocycles. The third-order valence-corrected chi connectivity index (χ3v) is 3.24. The summed E-state index contributed by atoms with van der Waals surface area (Å²) < 4.78 is 15.5. The van der Waals surface area contributed by atoms with Crippen molar-refractivity contribution < 1.29 is 18.5 Å². The molecule has 7 heteroatoms. The molecule has 3 aromatic rings. The van der Waals surface area contributed by atoms with Crippen LogP contribution in [0.4, 0.5) is 0 Å². The van der Waals surface area contributed by atoms with Gasteiger partial charge in [0.1, 0.15) is 5.58 Å². The van der Waals surface area contributed by atoms with Crippen LogP contribution in [0.15, 0.2) is 33.2 Å². The van der Waals surface area contributed by atoms with Gasteiger partial charge in [-0.3, -0.25) is 0 Å². The Hall–Kier alpha value is -2.34. The van der Waals surface area contributed by atoms with E-state index in [4.69, 9.17) is 25.3 Å². The maximum atomic E-state index is 12.0. The number of carbonyl (C=O) groups excluding carboxylic acids is 1. The van der Waals surface area contributed by atoms with E-state index in [0.29, 0.717) is 16.4 Å². The van der Waals surface area contributed by atoms with E-state index in [1.807, 2.05) is 13.8 Å². The van der Waals surface area contributed by atoms with E-state index in [2.05, 4.69) is 10.1 Å². The minimum absolute atomic E-state index is 0.0980. The summed E-state index contributed by atoms with van der Waals surface area (Å²) in [7, 11) is 0. The van der Waals surface area contributed by atoms with Crippen molar-refractivity contribution in [2.45, 2.75) is 26.4 Å². The highest BCUT2D eigenvalue weighted by Crippen LogP contribution is 2.23. The van der Waals surface area contributed by atoms with Crippen molar-refractivity contribution in [2.75, 3.05) is 0 Å². The summed E-state index contributed by atoms with van der Waals surface area (Å²) in [5.74, 6) is 0.464. The number of hydrogen-bond donors (Lipinski definition) is 0. The Balaban J connectivity index is 1.70. The number of hydrogen-bond acceptors (Lipinski definition) is 6. The second-order valence-electron chi connectivity index (χ2n) is 5.07. The van der Waals surface area contributed by atoms with Gasteiger partial charge in [-0.05, 0) is 24.3 Å². The van der Waals surface area contributed by atoms with E-state index in [1.54, 1.807) is 24.3 Å². The van der Waals surface area contributed by atoms with Gasteiger partial charge >= 0.3 is 5.97 Å². The fourth-order valence-corrected chi connectivity index (χ4v) is 2.05. The van der Waals surface area contributed by atoms with Gasteiger partial charge in [0.2, 0.25) is 5.76 Å². The normalized spacial score (nSPS) is 11.3. The van der Waals surface area contributed by atoms with Gasteiger partial charge in [-0.2, -0.15) is 4.98 Å². The Labute approximate surface area is 131 Å². The van der Waals surface area contributed by atoms with Crippen molar-refractivity contribution in [2.24, 2.45) is 0 Å². The van der Waals surface area contributed by atoms with E-state index in [-0.39, 0.29) is 24.2 Å². The molecule has 2 heterocycles. The molecule has 0 saturated heterocycles. The molecule has 0 aliphatic heterocycles. The zero-order chi connectivity index (χ0) is 15.7. The number of fused-ring (bicyclic) bond motifs is 1. The fourth-order valence-electron chi connectivity index (χ4n) is 1.87. The molecule has 0 spiro atoms. The molecule has 0 fully saturated rings. The summed E-state index contributed by atoms with van der Waals surface area (Å²) in [6.45, 7) is 3.79. The van der Waals surface area contributed by atoms with Crippen molar-refractivity contribution in [3.05, 3.63) is 46.8 Å². The van der Waals surface area contributed by atoms with Crippen molar-refractivity contribution in [1.29, 1.82) is 0 Å². The van der Waals surface area contributed by atoms with Gasteiger partial charge in [-0.1, -0.05) is 30.6 Å². The number of benzene rings is 1. The molecule has 0 atom stereocenters.